The van der Waals surface area contributed by atoms with Crippen LogP contribution in [0.1, 0.15) is 48.3 Å². The van der Waals surface area contributed by atoms with Gasteiger partial charge in [-0.25, -0.2) is 0 Å². The highest BCUT2D eigenvalue weighted by Crippen LogP contribution is 2.28. The van der Waals surface area contributed by atoms with Crippen molar-refractivity contribution in [2.24, 2.45) is 0 Å². The molecule has 2 aromatic carbocycles. The fourth-order valence-electron chi connectivity index (χ4n) is 5.74. The zero-order valence-electron chi connectivity index (χ0n) is 23.1. The SMILES string of the molecule is [B]c1cc(C)c(CN(CC(F)(F)F)C(=O)CCC(=O)N2CCC(c3cc4ccccc4[nH]c3=O)CC2)c2c([B])[nH]nc12. The van der Waals surface area contributed by atoms with Crippen LogP contribution in [0.2, 0.25) is 0 Å². The number of piperidine rings is 1. The summed E-state index contributed by atoms with van der Waals surface area (Å²) in [7, 11) is 12.0. The number of benzene rings is 2. The first-order chi connectivity index (χ1) is 19.9. The van der Waals surface area contributed by atoms with Crippen molar-refractivity contribution in [3.63, 3.8) is 0 Å². The van der Waals surface area contributed by atoms with E-state index in [1.54, 1.807) is 17.9 Å². The molecule has 4 aromatic rings. The standard InChI is InChI=1S/C29H28B2F3N5O3/c1-16-12-21(30)26-25(27(31)37-36-26)20(16)14-39(15-29(32,33)34)24(41)7-6-23(40)38-10-8-17(9-11-38)19-13-18-4-2-3-5-22(18)35-28(19)42/h2-5,12-13,17H,6-11,14-15H2,1H3,(H,35,42)(H,36,37). The molecule has 2 amide bonds. The van der Waals surface area contributed by atoms with Crippen molar-refractivity contribution < 1.29 is 22.8 Å². The van der Waals surface area contributed by atoms with Gasteiger partial charge in [0, 0.05) is 48.9 Å². The minimum Gasteiger partial charge on any atom is -0.343 e. The number of H-pyrrole nitrogens is 2. The molecule has 8 nitrogen and oxygen atoms in total. The quantitative estimate of drug-likeness (QED) is 0.332. The van der Waals surface area contributed by atoms with Crippen LogP contribution in [0.15, 0.2) is 41.2 Å². The van der Waals surface area contributed by atoms with Crippen LogP contribution in [0.5, 0.6) is 0 Å². The topological polar surface area (TPSA) is 102 Å². The van der Waals surface area contributed by atoms with Gasteiger partial charge >= 0.3 is 6.18 Å². The number of nitrogens with one attached hydrogen (secondary N) is 2. The van der Waals surface area contributed by atoms with E-state index < -0.39 is 18.6 Å². The Morgan fingerprint density at radius 3 is 2.55 bits per heavy atom. The third-order valence-electron chi connectivity index (χ3n) is 7.91. The van der Waals surface area contributed by atoms with E-state index in [2.05, 4.69) is 15.2 Å². The second-order valence-electron chi connectivity index (χ2n) is 10.8. The summed E-state index contributed by atoms with van der Waals surface area (Å²) >= 11 is 0. The molecule has 0 unspecified atom stereocenters. The number of aryl methyl sites for hydroxylation is 1. The summed E-state index contributed by atoms with van der Waals surface area (Å²) in [6.45, 7) is 0.600. The first kappa shape index (κ1) is 29.5. The zero-order chi connectivity index (χ0) is 30.2. The number of carbonyl (C=O) groups is 2. The molecule has 0 saturated carbocycles. The Balaban J connectivity index is 1.23. The lowest BCUT2D eigenvalue weighted by atomic mass is 9.85. The van der Waals surface area contributed by atoms with Crippen molar-refractivity contribution in [3.8, 4) is 0 Å². The van der Waals surface area contributed by atoms with Gasteiger partial charge in [0.15, 0.2) is 0 Å². The molecule has 2 aromatic heterocycles. The van der Waals surface area contributed by atoms with Gasteiger partial charge in [-0.2, -0.15) is 18.3 Å². The number of carbonyl (C=O) groups excluding carboxylic acids is 2. The molecule has 0 aliphatic carbocycles. The van der Waals surface area contributed by atoms with E-state index in [1.165, 1.54) is 0 Å². The van der Waals surface area contributed by atoms with Gasteiger partial charge in [-0.1, -0.05) is 29.7 Å². The molecule has 0 bridgehead atoms. The zero-order valence-corrected chi connectivity index (χ0v) is 23.1. The summed E-state index contributed by atoms with van der Waals surface area (Å²) in [4.78, 5) is 43.9. The highest BCUT2D eigenvalue weighted by molar-refractivity contribution is 6.43. The molecule has 2 N–H and O–H groups in total. The predicted octanol–water partition coefficient (Wildman–Crippen LogP) is 2.38. The predicted molar refractivity (Wildman–Crippen MR) is 155 cm³/mol. The van der Waals surface area contributed by atoms with Gasteiger partial charge in [0.1, 0.15) is 22.2 Å². The number of hydrogen-bond donors (Lipinski definition) is 2. The van der Waals surface area contributed by atoms with Gasteiger partial charge in [0.2, 0.25) is 11.8 Å². The number of fused-ring (bicyclic) bond motifs is 2. The van der Waals surface area contributed by atoms with Crippen LogP contribution in [-0.4, -0.2) is 78.3 Å². The molecule has 5 rings (SSSR count). The monoisotopic (exact) mass is 573 g/mol. The molecule has 0 spiro atoms. The lowest BCUT2D eigenvalue weighted by Gasteiger charge is -2.32. The Hall–Kier alpha value is -4.02. The second kappa shape index (κ2) is 11.7. The van der Waals surface area contributed by atoms with Crippen LogP contribution in [0.25, 0.3) is 21.8 Å². The Bertz CT molecular complexity index is 1710. The fourth-order valence-corrected chi connectivity index (χ4v) is 5.74. The maximum Gasteiger partial charge on any atom is 0.406 e. The van der Waals surface area contributed by atoms with E-state index in [9.17, 15) is 27.6 Å². The largest absolute Gasteiger partial charge is 0.406 e. The smallest absolute Gasteiger partial charge is 0.343 e. The van der Waals surface area contributed by atoms with E-state index in [1.807, 2.05) is 30.3 Å². The Morgan fingerprint density at radius 2 is 1.83 bits per heavy atom. The molecule has 1 aliphatic rings. The maximum atomic E-state index is 13.5. The van der Waals surface area contributed by atoms with Crippen molar-refractivity contribution >= 4 is 60.4 Å². The lowest BCUT2D eigenvalue weighted by Crippen LogP contribution is -2.41. The molecule has 13 heteroatoms. The van der Waals surface area contributed by atoms with Crippen molar-refractivity contribution in [2.45, 2.75) is 51.2 Å². The van der Waals surface area contributed by atoms with Gasteiger partial charge in [0.05, 0.1) is 5.52 Å². The number of pyridine rings is 1. The third kappa shape index (κ3) is 6.24. The van der Waals surface area contributed by atoms with Gasteiger partial charge in [0.25, 0.3) is 5.56 Å². The molecular formula is C29H28B2F3N5O3. The van der Waals surface area contributed by atoms with Crippen LogP contribution < -0.4 is 16.6 Å². The number of amides is 2. The summed E-state index contributed by atoms with van der Waals surface area (Å²) in [6, 6.07) is 11.0. The molecule has 1 aliphatic heterocycles. The van der Waals surface area contributed by atoms with Crippen molar-refractivity contribution in [3.05, 3.63) is 63.4 Å². The highest BCUT2D eigenvalue weighted by atomic mass is 19.4. The summed E-state index contributed by atoms with van der Waals surface area (Å²) in [5, 5.41) is 7.92. The van der Waals surface area contributed by atoms with Gasteiger partial charge in [-0.3, -0.25) is 19.5 Å². The van der Waals surface area contributed by atoms with Crippen molar-refractivity contribution in [2.75, 3.05) is 19.6 Å². The van der Waals surface area contributed by atoms with E-state index in [0.29, 0.717) is 63.9 Å². The highest BCUT2D eigenvalue weighted by Gasteiger charge is 2.34. The Kier molecular flexibility index (Phi) is 8.21. The number of aromatic amines is 2. The number of halogens is 3. The number of para-hydroxylation sites is 1. The van der Waals surface area contributed by atoms with E-state index in [4.69, 9.17) is 15.7 Å². The average molecular weight is 573 g/mol. The van der Waals surface area contributed by atoms with E-state index >= 15 is 0 Å². The van der Waals surface area contributed by atoms with Crippen LogP contribution in [0.4, 0.5) is 13.2 Å². The lowest BCUT2D eigenvalue weighted by molar-refractivity contribution is -0.162. The fraction of sp³-hybridized carbons (Fsp3) is 0.379. The van der Waals surface area contributed by atoms with Crippen LogP contribution in [-0.2, 0) is 16.1 Å². The number of nitrogens with zero attached hydrogens (tertiary/aromatic N) is 3. The van der Waals surface area contributed by atoms with Crippen LogP contribution in [0.3, 0.4) is 0 Å². The maximum absolute atomic E-state index is 13.5. The molecule has 4 radical (unpaired) electrons. The molecule has 42 heavy (non-hydrogen) atoms. The molecule has 214 valence electrons. The summed E-state index contributed by atoms with van der Waals surface area (Å²) in [5.41, 5.74) is 3.01. The normalized spacial score (nSPS) is 14.5. The summed E-state index contributed by atoms with van der Waals surface area (Å²) in [5.74, 6) is -1.14. The first-order valence-electron chi connectivity index (χ1n) is 13.7. The number of alkyl halides is 3. The van der Waals surface area contributed by atoms with Crippen molar-refractivity contribution in [1.82, 2.24) is 25.0 Å². The number of hydrogen-bond acceptors (Lipinski definition) is 4. The van der Waals surface area contributed by atoms with E-state index in [-0.39, 0.29) is 42.4 Å². The van der Waals surface area contributed by atoms with Gasteiger partial charge in [-0.15, -0.1) is 0 Å². The minimum atomic E-state index is -4.65. The van der Waals surface area contributed by atoms with Crippen LogP contribution in [0, 0.1) is 6.92 Å². The van der Waals surface area contributed by atoms with Gasteiger partial charge in [-0.05, 0) is 59.9 Å². The number of likely N-dealkylation sites (tertiary alicyclic amines) is 1. The Labute approximate surface area is 242 Å². The van der Waals surface area contributed by atoms with Crippen molar-refractivity contribution in [1.29, 1.82) is 0 Å². The summed E-state index contributed by atoms with van der Waals surface area (Å²) in [6.07, 6.45) is -4.11. The minimum absolute atomic E-state index is 0.0262. The van der Waals surface area contributed by atoms with Crippen LogP contribution >= 0.6 is 0 Å². The second-order valence-corrected chi connectivity index (χ2v) is 10.8. The molecule has 1 fully saturated rings. The molecular weight excluding hydrogens is 545 g/mol. The number of rotatable bonds is 7. The van der Waals surface area contributed by atoms with E-state index in [0.717, 1.165) is 10.9 Å². The summed E-state index contributed by atoms with van der Waals surface area (Å²) < 4.78 is 40.5. The first-order valence-corrected chi connectivity index (χ1v) is 13.7. The molecule has 3 heterocycles. The third-order valence-corrected chi connectivity index (χ3v) is 7.91. The van der Waals surface area contributed by atoms with Gasteiger partial charge < -0.3 is 14.8 Å². The Morgan fingerprint density at radius 1 is 1.12 bits per heavy atom. The molecule has 0 atom stereocenters. The molecule has 1 saturated heterocycles. The average Bonchev–Trinajstić information content (AvgIpc) is 3.34. The number of aromatic nitrogens is 3.